The Morgan fingerprint density at radius 2 is 1.82 bits per heavy atom. The number of ether oxygens (including phenoxy) is 4. The Morgan fingerprint density at radius 1 is 1.00 bits per heavy atom. The predicted octanol–water partition coefficient (Wildman–Crippen LogP) is 4.33. The maximum atomic E-state index is 14.0. The minimum absolute atomic E-state index is 0.0315. The molecule has 1 aliphatic carbocycles. The summed E-state index contributed by atoms with van der Waals surface area (Å²) in [6, 6.07) is 12.4. The molecule has 2 saturated heterocycles. The molecule has 1 unspecified atom stereocenters. The molecule has 0 N–H and O–H groups in total. The van der Waals surface area contributed by atoms with E-state index in [0.29, 0.717) is 37.8 Å². The fourth-order valence-electron chi connectivity index (χ4n) is 6.24. The van der Waals surface area contributed by atoms with E-state index in [4.69, 9.17) is 23.9 Å². The van der Waals surface area contributed by atoms with Crippen LogP contribution in [0.5, 0.6) is 11.5 Å². The van der Waals surface area contributed by atoms with Gasteiger partial charge in [-0.05, 0) is 79.6 Å². The lowest BCUT2D eigenvalue weighted by Crippen LogP contribution is -2.40. The van der Waals surface area contributed by atoms with E-state index < -0.39 is 0 Å². The van der Waals surface area contributed by atoms with Crippen LogP contribution in [-0.4, -0.2) is 75.6 Å². The molecule has 1 amide bonds. The molecule has 8 heteroatoms. The number of methoxy groups -OCH3 is 2. The smallest absolute Gasteiger partial charge is 0.227 e. The highest BCUT2D eigenvalue weighted by Gasteiger charge is 2.27. The summed E-state index contributed by atoms with van der Waals surface area (Å²) in [6.07, 6.45) is 5.69. The highest BCUT2D eigenvalue weighted by Crippen LogP contribution is 2.32. The van der Waals surface area contributed by atoms with Gasteiger partial charge in [-0.1, -0.05) is 0 Å². The number of carbonyl (C=O) groups is 1. The zero-order chi connectivity index (χ0) is 27.5. The van der Waals surface area contributed by atoms with E-state index in [0.717, 1.165) is 73.2 Å². The van der Waals surface area contributed by atoms with Crippen molar-refractivity contribution in [3.63, 3.8) is 0 Å². The highest BCUT2D eigenvalue weighted by atomic mass is 16.5. The molecule has 1 atom stereocenters. The second-order valence-corrected chi connectivity index (χ2v) is 11.0. The van der Waals surface area contributed by atoms with Crippen LogP contribution >= 0.6 is 0 Å². The van der Waals surface area contributed by atoms with Crippen molar-refractivity contribution in [1.82, 2.24) is 9.88 Å². The number of hydrogen-bond donors (Lipinski definition) is 0. The number of morpholine rings is 1. The predicted molar refractivity (Wildman–Crippen MR) is 154 cm³/mol. The summed E-state index contributed by atoms with van der Waals surface area (Å²) < 4.78 is 22.7. The van der Waals surface area contributed by atoms with Crippen LogP contribution in [0.2, 0.25) is 0 Å². The molecular formula is C32H39N3O5. The van der Waals surface area contributed by atoms with Crippen LogP contribution in [0.15, 0.2) is 36.4 Å². The molecule has 1 aromatic heterocycles. The molecule has 3 aliphatic rings. The van der Waals surface area contributed by atoms with Crippen LogP contribution in [0.3, 0.4) is 0 Å². The number of hydrogen-bond acceptors (Lipinski definition) is 7. The van der Waals surface area contributed by atoms with Gasteiger partial charge in [0.05, 0.1) is 45.5 Å². The first-order valence-corrected chi connectivity index (χ1v) is 14.5. The summed E-state index contributed by atoms with van der Waals surface area (Å²) in [6.45, 7) is 4.70. The van der Waals surface area contributed by atoms with E-state index in [9.17, 15) is 4.79 Å². The van der Waals surface area contributed by atoms with Crippen LogP contribution in [0, 0.1) is 0 Å². The standard InChI is InChI=1S/C32H39N3O5/c1-37-27-8-9-30(38-2)25(17-27)19-31(36)35(21-28-7-4-12-40-28)20-26-16-24-15-22-5-3-6-23(22)18-29(24)33-32(26)34-10-13-39-14-11-34/h8-9,15-18,28H,3-7,10-14,19-21H2,1-2H3. The number of pyridine rings is 1. The van der Waals surface area contributed by atoms with Gasteiger partial charge in [0.15, 0.2) is 0 Å². The first kappa shape index (κ1) is 26.8. The SMILES string of the molecule is COc1ccc(OC)c(CC(=O)N(Cc2cc3cc4c(cc3nc2N2CCOCC2)CCC4)CC2CCCO2)c1. The molecule has 40 heavy (non-hydrogen) atoms. The Bertz CT molecular complexity index is 1360. The maximum Gasteiger partial charge on any atom is 0.227 e. The zero-order valence-electron chi connectivity index (χ0n) is 23.6. The van der Waals surface area contributed by atoms with Crippen molar-refractivity contribution < 1.29 is 23.7 Å². The summed E-state index contributed by atoms with van der Waals surface area (Å²) in [4.78, 5) is 23.5. The number of fused-ring (bicyclic) bond motifs is 2. The van der Waals surface area contributed by atoms with Gasteiger partial charge in [0.1, 0.15) is 17.3 Å². The fraction of sp³-hybridized carbons (Fsp3) is 0.500. The summed E-state index contributed by atoms with van der Waals surface area (Å²) in [5.41, 5.74) is 5.75. The van der Waals surface area contributed by atoms with Crippen LogP contribution < -0.4 is 14.4 Å². The molecule has 2 aromatic carbocycles. The largest absolute Gasteiger partial charge is 0.497 e. The van der Waals surface area contributed by atoms with Gasteiger partial charge in [-0.3, -0.25) is 4.79 Å². The van der Waals surface area contributed by atoms with E-state index in [1.54, 1.807) is 14.2 Å². The third-order valence-corrected chi connectivity index (χ3v) is 8.39. The third-order valence-electron chi connectivity index (χ3n) is 8.39. The maximum absolute atomic E-state index is 14.0. The number of aromatic nitrogens is 1. The minimum atomic E-state index is 0.0315. The number of nitrogens with zero attached hydrogens (tertiary/aromatic N) is 3. The van der Waals surface area contributed by atoms with Crippen LogP contribution in [0.25, 0.3) is 10.9 Å². The molecule has 8 nitrogen and oxygen atoms in total. The van der Waals surface area contributed by atoms with Crippen molar-refractivity contribution in [3.8, 4) is 11.5 Å². The summed E-state index contributed by atoms with van der Waals surface area (Å²) >= 11 is 0. The molecule has 212 valence electrons. The average Bonchev–Trinajstić information content (AvgIpc) is 3.67. The average molecular weight is 546 g/mol. The van der Waals surface area contributed by atoms with Crippen LogP contribution in [-0.2, 0) is 40.1 Å². The van der Waals surface area contributed by atoms with Crippen molar-refractivity contribution >= 4 is 22.6 Å². The third kappa shape index (κ3) is 5.74. The number of amides is 1. The second kappa shape index (κ2) is 12.0. The molecular weight excluding hydrogens is 506 g/mol. The molecule has 3 aromatic rings. The number of anilines is 1. The van der Waals surface area contributed by atoms with Crippen molar-refractivity contribution in [2.45, 2.75) is 51.2 Å². The molecule has 0 radical (unpaired) electrons. The van der Waals surface area contributed by atoms with Gasteiger partial charge >= 0.3 is 0 Å². The van der Waals surface area contributed by atoms with E-state index in [2.05, 4.69) is 23.1 Å². The molecule has 2 aliphatic heterocycles. The van der Waals surface area contributed by atoms with Gasteiger partial charge in [-0.15, -0.1) is 0 Å². The molecule has 0 bridgehead atoms. The van der Waals surface area contributed by atoms with Gasteiger partial charge in [0, 0.05) is 49.3 Å². The summed E-state index contributed by atoms with van der Waals surface area (Å²) in [5, 5.41) is 1.15. The highest BCUT2D eigenvalue weighted by molar-refractivity contribution is 5.85. The fourth-order valence-corrected chi connectivity index (χ4v) is 6.24. The molecule has 0 saturated carbocycles. The number of aryl methyl sites for hydroxylation is 2. The monoisotopic (exact) mass is 545 g/mol. The zero-order valence-corrected chi connectivity index (χ0v) is 23.6. The molecule has 6 rings (SSSR count). The van der Waals surface area contributed by atoms with Gasteiger partial charge in [-0.2, -0.15) is 0 Å². The van der Waals surface area contributed by atoms with E-state index in [1.807, 2.05) is 23.1 Å². The van der Waals surface area contributed by atoms with Gasteiger partial charge in [0.2, 0.25) is 5.91 Å². The van der Waals surface area contributed by atoms with Crippen molar-refractivity contribution in [1.29, 1.82) is 0 Å². The normalized spacial score (nSPS) is 18.6. The van der Waals surface area contributed by atoms with Gasteiger partial charge in [-0.25, -0.2) is 4.98 Å². The van der Waals surface area contributed by atoms with Crippen LogP contribution in [0.1, 0.15) is 41.5 Å². The first-order valence-electron chi connectivity index (χ1n) is 14.5. The lowest BCUT2D eigenvalue weighted by atomic mass is 10.0. The molecule has 2 fully saturated rings. The van der Waals surface area contributed by atoms with Gasteiger partial charge in [0.25, 0.3) is 0 Å². The lowest BCUT2D eigenvalue weighted by Gasteiger charge is -2.32. The topological polar surface area (TPSA) is 73.4 Å². The lowest BCUT2D eigenvalue weighted by molar-refractivity contribution is -0.132. The van der Waals surface area contributed by atoms with E-state index >= 15 is 0 Å². The first-order chi connectivity index (χ1) is 19.6. The Kier molecular flexibility index (Phi) is 8.07. The van der Waals surface area contributed by atoms with Crippen molar-refractivity contribution in [2.75, 3.05) is 58.6 Å². The Morgan fingerprint density at radius 3 is 2.58 bits per heavy atom. The van der Waals surface area contributed by atoms with E-state index in [1.165, 1.54) is 17.5 Å². The number of carbonyl (C=O) groups excluding carboxylic acids is 1. The Labute approximate surface area is 236 Å². The number of benzene rings is 2. The summed E-state index contributed by atoms with van der Waals surface area (Å²) in [5.74, 6) is 2.37. The minimum Gasteiger partial charge on any atom is -0.497 e. The van der Waals surface area contributed by atoms with Crippen molar-refractivity contribution in [2.24, 2.45) is 0 Å². The summed E-state index contributed by atoms with van der Waals surface area (Å²) in [7, 11) is 3.26. The molecule has 3 heterocycles. The quantitative estimate of drug-likeness (QED) is 0.396. The van der Waals surface area contributed by atoms with Crippen molar-refractivity contribution in [3.05, 3.63) is 58.7 Å². The Balaban J connectivity index is 1.35. The van der Waals surface area contributed by atoms with Gasteiger partial charge < -0.3 is 28.7 Å². The van der Waals surface area contributed by atoms with E-state index in [-0.39, 0.29) is 18.4 Å². The second-order valence-electron chi connectivity index (χ2n) is 11.0. The van der Waals surface area contributed by atoms with Crippen LogP contribution in [0.4, 0.5) is 5.82 Å². The Hall–Kier alpha value is -3.36. The molecule has 0 spiro atoms. The number of rotatable bonds is 9.